The Morgan fingerprint density at radius 2 is 1.94 bits per heavy atom. The molecule has 0 atom stereocenters. The molecule has 2 rings (SSSR count). The third kappa shape index (κ3) is 3.63. The zero-order valence-corrected chi connectivity index (χ0v) is 11.7. The van der Waals surface area contributed by atoms with Crippen LogP contribution in [0.15, 0.2) is 24.3 Å². The van der Waals surface area contributed by atoms with Crippen molar-refractivity contribution in [3.8, 4) is 5.75 Å². The molecule has 1 fully saturated rings. The highest BCUT2D eigenvalue weighted by Gasteiger charge is 2.14. The molecule has 0 radical (unpaired) electrons. The van der Waals surface area contributed by atoms with Crippen LogP contribution in [0.25, 0.3) is 0 Å². The normalized spacial score (nSPS) is 16.6. The van der Waals surface area contributed by atoms with Crippen LogP contribution in [-0.4, -0.2) is 26.2 Å². The standard InChI is InChI=1S/C13H18INO/c14-12-6-1-2-7-13(12)16-11-5-10-15-8-3-4-9-15/h1-2,6-7H,3-5,8-11H2/p+1. The lowest BCUT2D eigenvalue weighted by Gasteiger charge is -2.12. The quantitative estimate of drug-likeness (QED) is 0.641. The van der Waals surface area contributed by atoms with Crippen LogP contribution < -0.4 is 9.64 Å². The first-order valence-corrected chi connectivity index (χ1v) is 7.15. The van der Waals surface area contributed by atoms with Gasteiger partial charge in [0.2, 0.25) is 0 Å². The Morgan fingerprint density at radius 3 is 2.69 bits per heavy atom. The number of likely N-dealkylation sites (tertiary alicyclic amines) is 1. The Labute approximate surface area is 111 Å². The van der Waals surface area contributed by atoms with Gasteiger partial charge in [0.05, 0.1) is 29.8 Å². The van der Waals surface area contributed by atoms with Crippen molar-refractivity contribution >= 4 is 22.6 Å². The van der Waals surface area contributed by atoms with Crippen molar-refractivity contribution in [2.24, 2.45) is 0 Å². The Hall–Kier alpha value is -0.290. The van der Waals surface area contributed by atoms with Crippen LogP contribution in [0.1, 0.15) is 19.3 Å². The van der Waals surface area contributed by atoms with E-state index in [0.717, 1.165) is 12.4 Å². The summed E-state index contributed by atoms with van der Waals surface area (Å²) in [6, 6.07) is 8.21. The van der Waals surface area contributed by atoms with Gasteiger partial charge in [0.25, 0.3) is 0 Å². The molecule has 1 aliphatic rings. The fourth-order valence-corrected chi connectivity index (χ4v) is 2.73. The van der Waals surface area contributed by atoms with Gasteiger partial charge in [0.15, 0.2) is 0 Å². The molecule has 1 heterocycles. The molecule has 1 aromatic rings. The maximum Gasteiger partial charge on any atom is 0.132 e. The Morgan fingerprint density at radius 1 is 1.19 bits per heavy atom. The van der Waals surface area contributed by atoms with Gasteiger partial charge in [-0.05, 0) is 34.7 Å². The van der Waals surface area contributed by atoms with Crippen molar-refractivity contribution in [3.63, 3.8) is 0 Å². The average molecular weight is 332 g/mol. The van der Waals surface area contributed by atoms with Gasteiger partial charge >= 0.3 is 0 Å². The first kappa shape index (κ1) is 12.2. The topological polar surface area (TPSA) is 13.7 Å². The van der Waals surface area contributed by atoms with E-state index in [-0.39, 0.29) is 0 Å². The largest absolute Gasteiger partial charge is 0.492 e. The highest BCUT2D eigenvalue weighted by Crippen LogP contribution is 2.19. The Kier molecular flexibility index (Phi) is 4.91. The second kappa shape index (κ2) is 6.45. The molecular formula is C13H19INO+. The predicted octanol–water partition coefficient (Wildman–Crippen LogP) is 1.74. The highest BCUT2D eigenvalue weighted by atomic mass is 127. The first-order chi connectivity index (χ1) is 7.86. The molecular weight excluding hydrogens is 313 g/mol. The molecule has 1 aromatic carbocycles. The summed E-state index contributed by atoms with van der Waals surface area (Å²) < 4.78 is 6.98. The van der Waals surface area contributed by atoms with Gasteiger partial charge in [0.1, 0.15) is 5.75 Å². The zero-order chi connectivity index (χ0) is 11.2. The van der Waals surface area contributed by atoms with Gasteiger partial charge in [-0.1, -0.05) is 12.1 Å². The lowest BCUT2D eigenvalue weighted by atomic mass is 10.3. The van der Waals surface area contributed by atoms with E-state index >= 15 is 0 Å². The van der Waals surface area contributed by atoms with Gasteiger partial charge in [-0.2, -0.15) is 0 Å². The van der Waals surface area contributed by atoms with E-state index < -0.39 is 0 Å². The van der Waals surface area contributed by atoms with E-state index in [1.165, 1.54) is 42.5 Å². The maximum absolute atomic E-state index is 5.78. The maximum atomic E-state index is 5.78. The Balaban J connectivity index is 1.66. The summed E-state index contributed by atoms with van der Waals surface area (Å²) in [5.41, 5.74) is 0. The van der Waals surface area contributed by atoms with E-state index in [1.807, 2.05) is 18.2 Å². The lowest BCUT2D eigenvalue weighted by molar-refractivity contribution is -0.887. The molecule has 1 saturated heterocycles. The van der Waals surface area contributed by atoms with Gasteiger partial charge in [0, 0.05) is 19.3 Å². The number of benzene rings is 1. The fourth-order valence-electron chi connectivity index (χ4n) is 2.19. The van der Waals surface area contributed by atoms with E-state index in [4.69, 9.17) is 4.74 Å². The van der Waals surface area contributed by atoms with Crippen molar-refractivity contribution in [2.45, 2.75) is 19.3 Å². The van der Waals surface area contributed by atoms with E-state index in [9.17, 15) is 0 Å². The van der Waals surface area contributed by atoms with Crippen LogP contribution in [0.5, 0.6) is 5.75 Å². The average Bonchev–Trinajstić information content (AvgIpc) is 2.79. The number of hydrogen-bond acceptors (Lipinski definition) is 1. The molecule has 2 nitrogen and oxygen atoms in total. The fraction of sp³-hybridized carbons (Fsp3) is 0.538. The minimum atomic E-state index is 0.851. The molecule has 88 valence electrons. The highest BCUT2D eigenvalue weighted by molar-refractivity contribution is 14.1. The number of hydrogen-bond donors (Lipinski definition) is 1. The van der Waals surface area contributed by atoms with Gasteiger partial charge in [-0.3, -0.25) is 0 Å². The molecule has 0 amide bonds. The van der Waals surface area contributed by atoms with E-state index in [0.29, 0.717) is 0 Å². The van der Waals surface area contributed by atoms with Gasteiger partial charge < -0.3 is 9.64 Å². The molecule has 0 aromatic heterocycles. The Bertz CT molecular complexity index is 323. The molecule has 0 saturated carbocycles. The summed E-state index contributed by atoms with van der Waals surface area (Å²) >= 11 is 2.32. The van der Waals surface area contributed by atoms with Crippen molar-refractivity contribution in [1.29, 1.82) is 0 Å². The van der Waals surface area contributed by atoms with Crippen LogP contribution >= 0.6 is 22.6 Å². The predicted molar refractivity (Wildman–Crippen MR) is 74.1 cm³/mol. The summed E-state index contributed by atoms with van der Waals surface area (Å²) in [6.07, 6.45) is 3.99. The molecule has 0 spiro atoms. The van der Waals surface area contributed by atoms with Crippen molar-refractivity contribution in [2.75, 3.05) is 26.2 Å². The summed E-state index contributed by atoms with van der Waals surface area (Å²) in [5.74, 6) is 1.03. The van der Waals surface area contributed by atoms with Gasteiger partial charge in [-0.15, -0.1) is 0 Å². The van der Waals surface area contributed by atoms with E-state index in [1.54, 1.807) is 4.90 Å². The molecule has 1 N–H and O–H groups in total. The molecule has 0 unspecified atom stereocenters. The van der Waals surface area contributed by atoms with Crippen LogP contribution in [0.4, 0.5) is 0 Å². The molecule has 0 bridgehead atoms. The van der Waals surface area contributed by atoms with Crippen molar-refractivity contribution in [3.05, 3.63) is 27.8 Å². The van der Waals surface area contributed by atoms with Crippen molar-refractivity contribution in [1.82, 2.24) is 0 Å². The first-order valence-electron chi connectivity index (χ1n) is 6.07. The van der Waals surface area contributed by atoms with Crippen molar-refractivity contribution < 1.29 is 9.64 Å². The number of halogens is 1. The van der Waals surface area contributed by atoms with Crippen LogP contribution in [0.3, 0.4) is 0 Å². The summed E-state index contributed by atoms with van der Waals surface area (Å²) in [6.45, 7) is 4.85. The van der Waals surface area contributed by atoms with E-state index in [2.05, 4.69) is 28.7 Å². The molecule has 0 aliphatic carbocycles. The van der Waals surface area contributed by atoms with Gasteiger partial charge in [-0.25, -0.2) is 0 Å². The minimum Gasteiger partial charge on any atom is -0.492 e. The second-order valence-corrected chi connectivity index (χ2v) is 5.50. The van der Waals surface area contributed by atoms with Crippen LogP contribution in [0.2, 0.25) is 0 Å². The monoisotopic (exact) mass is 332 g/mol. The third-order valence-corrected chi connectivity index (χ3v) is 3.97. The SMILES string of the molecule is Ic1ccccc1OCCC[NH+]1CCCC1. The summed E-state index contributed by atoms with van der Waals surface area (Å²) in [4.78, 5) is 1.76. The third-order valence-electron chi connectivity index (χ3n) is 3.08. The van der Waals surface area contributed by atoms with Crippen LogP contribution in [-0.2, 0) is 0 Å². The minimum absolute atomic E-state index is 0.851. The molecule has 3 heteroatoms. The second-order valence-electron chi connectivity index (χ2n) is 4.34. The lowest BCUT2D eigenvalue weighted by Crippen LogP contribution is -3.10. The number of para-hydroxylation sites is 1. The number of ether oxygens (including phenoxy) is 1. The zero-order valence-electron chi connectivity index (χ0n) is 9.55. The summed E-state index contributed by atoms with van der Waals surface area (Å²) in [5, 5.41) is 0. The summed E-state index contributed by atoms with van der Waals surface area (Å²) in [7, 11) is 0. The smallest absolute Gasteiger partial charge is 0.132 e. The van der Waals surface area contributed by atoms with Crippen LogP contribution in [0, 0.1) is 3.57 Å². The molecule has 16 heavy (non-hydrogen) atoms. The number of nitrogens with one attached hydrogen (secondary N) is 1. The molecule has 1 aliphatic heterocycles. The number of rotatable bonds is 5. The number of quaternary nitrogens is 1.